The van der Waals surface area contributed by atoms with Gasteiger partial charge in [-0.15, -0.1) is 0 Å². The Balaban J connectivity index is 1.90. The molecule has 0 spiro atoms. The first-order valence-electron chi connectivity index (χ1n) is 7.14. The third kappa shape index (κ3) is 3.01. The van der Waals surface area contributed by atoms with Crippen molar-refractivity contribution in [2.75, 3.05) is 27.2 Å². The van der Waals surface area contributed by atoms with Gasteiger partial charge < -0.3 is 10.1 Å². The van der Waals surface area contributed by atoms with Crippen molar-refractivity contribution in [2.45, 2.75) is 63.1 Å². The maximum Gasteiger partial charge on any atom is 0.0726 e. The summed E-state index contributed by atoms with van der Waals surface area (Å²) in [6.45, 7) is 4.79. The molecule has 2 aliphatic rings. The van der Waals surface area contributed by atoms with E-state index in [2.05, 4.69) is 24.2 Å². The molecule has 0 amide bonds. The fourth-order valence-electron chi connectivity index (χ4n) is 3.37. The molecule has 1 N–H and O–H groups in total. The Bertz CT molecular complexity index is 236. The van der Waals surface area contributed by atoms with Crippen LogP contribution in [0.2, 0.25) is 0 Å². The molecule has 1 saturated carbocycles. The number of likely N-dealkylation sites (tertiary alicyclic amines) is 1. The quantitative estimate of drug-likeness (QED) is 0.817. The second kappa shape index (κ2) is 5.68. The van der Waals surface area contributed by atoms with Crippen LogP contribution >= 0.6 is 0 Å². The molecule has 1 heterocycles. The summed E-state index contributed by atoms with van der Waals surface area (Å²) in [4.78, 5) is 2.67. The molecule has 1 aliphatic carbocycles. The lowest BCUT2D eigenvalue weighted by Crippen LogP contribution is -2.55. The van der Waals surface area contributed by atoms with Gasteiger partial charge in [-0.1, -0.05) is 12.8 Å². The first-order valence-corrected chi connectivity index (χ1v) is 7.14. The standard InChI is InChI=1S/C14H28N2O/c1-14(15-2)8-10-16(11-9-14)12-6-4-5-7-13(12)17-3/h12-13,15H,4-11H2,1-3H3. The van der Waals surface area contributed by atoms with E-state index in [-0.39, 0.29) is 0 Å². The molecule has 0 aromatic rings. The third-order valence-electron chi connectivity index (χ3n) is 4.94. The van der Waals surface area contributed by atoms with Gasteiger partial charge in [0, 0.05) is 31.8 Å². The molecule has 2 rings (SSSR count). The van der Waals surface area contributed by atoms with E-state index in [1.807, 2.05) is 7.11 Å². The van der Waals surface area contributed by atoms with Gasteiger partial charge in [-0.2, -0.15) is 0 Å². The highest BCUT2D eigenvalue weighted by atomic mass is 16.5. The van der Waals surface area contributed by atoms with Crippen LogP contribution in [0.25, 0.3) is 0 Å². The average Bonchev–Trinajstić information content (AvgIpc) is 2.40. The van der Waals surface area contributed by atoms with Crippen LogP contribution in [-0.2, 0) is 4.74 Å². The molecule has 0 radical (unpaired) electrons. The van der Waals surface area contributed by atoms with E-state index >= 15 is 0 Å². The molecule has 17 heavy (non-hydrogen) atoms. The lowest BCUT2D eigenvalue weighted by atomic mass is 9.85. The van der Waals surface area contributed by atoms with Crippen LogP contribution in [0, 0.1) is 0 Å². The summed E-state index contributed by atoms with van der Waals surface area (Å²) in [6, 6.07) is 0.676. The van der Waals surface area contributed by atoms with E-state index in [9.17, 15) is 0 Å². The van der Waals surface area contributed by atoms with Crippen molar-refractivity contribution in [3.63, 3.8) is 0 Å². The summed E-state index contributed by atoms with van der Waals surface area (Å²) in [5.41, 5.74) is 0.355. The van der Waals surface area contributed by atoms with Crippen LogP contribution in [0.5, 0.6) is 0 Å². The van der Waals surface area contributed by atoms with Gasteiger partial charge in [0.15, 0.2) is 0 Å². The van der Waals surface area contributed by atoms with Crippen LogP contribution < -0.4 is 5.32 Å². The minimum atomic E-state index is 0.355. The van der Waals surface area contributed by atoms with E-state index in [0.29, 0.717) is 17.7 Å². The number of nitrogens with zero attached hydrogens (tertiary/aromatic N) is 1. The van der Waals surface area contributed by atoms with E-state index < -0.39 is 0 Å². The molecule has 2 fully saturated rings. The number of hydrogen-bond donors (Lipinski definition) is 1. The Morgan fingerprint density at radius 3 is 2.41 bits per heavy atom. The molecule has 3 nitrogen and oxygen atoms in total. The van der Waals surface area contributed by atoms with Crippen molar-refractivity contribution in [3.05, 3.63) is 0 Å². The SMILES string of the molecule is CNC1(C)CCN(C2CCCCC2OC)CC1. The summed E-state index contributed by atoms with van der Waals surface area (Å²) in [5, 5.41) is 3.47. The van der Waals surface area contributed by atoms with Crippen molar-refractivity contribution in [1.82, 2.24) is 10.2 Å². The predicted molar refractivity (Wildman–Crippen MR) is 71.3 cm³/mol. The number of hydrogen-bond acceptors (Lipinski definition) is 3. The first kappa shape index (κ1) is 13.3. The van der Waals surface area contributed by atoms with Crippen LogP contribution in [0.1, 0.15) is 45.4 Å². The highest BCUT2D eigenvalue weighted by Crippen LogP contribution is 2.30. The molecule has 0 aromatic carbocycles. The third-order valence-corrected chi connectivity index (χ3v) is 4.94. The molecule has 1 aliphatic heterocycles. The second-order valence-electron chi connectivity index (χ2n) is 5.97. The number of rotatable bonds is 3. The highest BCUT2D eigenvalue weighted by Gasteiger charge is 2.35. The monoisotopic (exact) mass is 240 g/mol. The van der Waals surface area contributed by atoms with Crippen LogP contribution in [0.3, 0.4) is 0 Å². The molecule has 1 saturated heterocycles. The fraction of sp³-hybridized carbons (Fsp3) is 1.00. The highest BCUT2D eigenvalue weighted by molar-refractivity contribution is 4.93. The van der Waals surface area contributed by atoms with Gasteiger partial charge in [-0.3, -0.25) is 4.90 Å². The number of nitrogens with one attached hydrogen (secondary N) is 1. The summed E-state index contributed by atoms with van der Waals surface area (Å²) >= 11 is 0. The van der Waals surface area contributed by atoms with E-state index in [4.69, 9.17) is 4.74 Å². The van der Waals surface area contributed by atoms with Gasteiger partial charge in [-0.05, 0) is 39.7 Å². The van der Waals surface area contributed by atoms with E-state index in [0.717, 1.165) is 0 Å². The van der Waals surface area contributed by atoms with E-state index in [1.54, 1.807) is 0 Å². The predicted octanol–water partition coefficient (Wildman–Crippen LogP) is 2.02. The van der Waals surface area contributed by atoms with Crippen molar-refractivity contribution in [1.29, 1.82) is 0 Å². The summed E-state index contributed by atoms with van der Waals surface area (Å²) in [6.07, 6.45) is 8.30. The Labute approximate surface area is 106 Å². The summed E-state index contributed by atoms with van der Waals surface area (Å²) in [5.74, 6) is 0. The summed E-state index contributed by atoms with van der Waals surface area (Å²) in [7, 11) is 3.97. The largest absolute Gasteiger partial charge is 0.380 e. The zero-order valence-electron chi connectivity index (χ0n) is 11.7. The Kier molecular flexibility index (Phi) is 4.45. The smallest absolute Gasteiger partial charge is 0.0726 e. The molecule has 100 valence electrons. The first-order chi connectivity index (χ1) is 8.18. The Morgan fingerprint density at radius 1 is 1.18 bits per heavy atom. The van der Waals surface area contributed by atoms with Crippen LogP contribution in [-0.4, -0.2) is 49.8 Å². The van der Waals surface area contributed by atoms with Gasteiger partial charge in [0.2, 0.25) is 0 Å². The molecule has 2 atom stereocenters. The second-order valence-corrected chi connectivity index (χ2v) is 5.97. The van der Waals surface area contributed by atoms with Gasteiger partial charge in [0.1, 0.15) is 0 Å². The lowest BCUT2D eigenvalue weighted by Gasteiger charge is -2.45. The molecule has 0 aromatic heterocycles. The van der Waals surface area contributed by atoms with Crippen LogP contribution in [0.15, 0.2) is 0 Å². The maximum atomic E-state index is 5.68. The average molecular weight is 240 g/mol. The normalized spacial score (nSPS) is 34.8. The molecular formula is C14H28N2O. The molecule has 2 unspecified atom stereocenters. The van der Waals surface area contributed by atoms with Gasteiger partial charge >= 0.3 is 0 Å². The molecule has 0 bridgehead atoms. The maximum absolute atomic E-state index is 5.68. The minimum Gasteiger partial charge on any atom is -0.380 e. The minimum absolute atomic E-state index is 0.355. The number of ether oxygens (including phenoxy) is 1. The zero-order chi connectivity index (χ0) is 12.3. The lowest BCUT2D eigenvalue weighted by molar-refractivity contribution is -0.0253. The van der Waals surface area contributed by atoms with Crippen molar-refractivity contribution < 1.29 is 4.74 Å². The Morgan fingerprint density at radius 2 is 1.82 bits per heavy atom. The van der Waals surface area contributed by atoms with E-state index in [1.165, 1.54) is 51.6 Å². The fourth-order valence-corrected chi connectivity index (χ4v) is 3.37. The summed E-state index contributed by atoms with van der Waals surface area (Å²) < 4.78 is 5.68. The van der Waals surface area contributed by atoms with Crippen molar-refractivity contribution in [3.8, 4) is 0 Å². The van der Waals surface area contributed by atoms with Gasteiger partial charge in [0.25, 0.3) is 0 Å². The van der Waals surface area contributed by atoms with Crippen molar-refractivity contribution in [2.24, 2.45) is 0 Å². The molecular weight excluding hydrogens is 212 g/mol. The zero-order valence-corrected chi connectivity index (χ0v) is 11.7. The van der Waals surface area contributed by atoms with Gasteiger partial charge in [0.05, 0.1) is 6.10 Å². The molecule has 3 heteroatoms. The van der Waals surface area contributed by atoms with Crippen molar-refractivity contribution >= 4 is 0 Å². The van der Waals surface area contributed by atoms with Gasteiger partial charge in [-0.25, -0.2) is 0 Å². The number of piperidine rings is 1. The Hall–Kier alpha value is -0.120. The van der Waals surface area contributed by atoms with Crippen LogP contribution in [0.4, 0.5) is 0 Å². The number of methoxy groups -OCH3 is 1. The topological polar surface area (TPSA) is 24.5 Å².